The molecule has 1 atom stereocenters. The monoisotopic (exact) mass is 287 g/mol. The topological polar surface area (TPSA) is 101 Å². The molecule has 7 nitrogen and oxygen atoms in total. The molecule has 0 aliphatic carbocycles. The first kappa shape index (κ1) is 15.5. The van der Waals surface area contributed by atoms with Gasteiger partial charge >= 0.3 is 5.97 Å². The number of aliphatic hydroxyl groups excluding tert-OH is 1. The Morgan fingerprint density at radius 1 is 1.47 bits per heavy atom. The van der Waals surface area contributed by atoms with Gasteiger partial charge in [0.05, 0.1) is 19.3 Å². The molecular formula is C11H17N3O4S. The van der Waals surface area contributed by atoms with E-state index in [0.717, 1.165) is 18.6 Å². The molecule has 0 radical (unpaired) electrons. The summed E-state index contributed by atoms with van der Waals surface area (Å²) in [5.74, 6) is -1.21. The summed E-state index contributed by atoms with van der Waals surface area (Å²) in [4.78, 5) is 23.3. The SMILES string of the molecule is COC(=O)C(O)CNC(=O)c1snnc1C(C)(C)C. The molecule has 1 aromatic rings. The molecule has 19 heavy (non-hydrogen) atoms. The highest BCUT2D eigenvalue weighted by Crippen LogP contribution is 2.25. The maximum atomic E-state index is 11.9. The second kappa shape index (κ2) is 6.07. The Labute approximate surface area is 115 Å². The smallest absolute Gasteiger partial charge is 0.336 e. The van der Waals surface area contributed by atoms with Crippen LogP contribution in [0.2, 0.25) is 0 Å². The molecule has 0 bridgehead atoms. The number of nitrogens with one attached hydrogen (secondary N) is 1. The van der Waals surface area contributed by atoms with Crippen molar-refractivity contribution in [3.05, 3.63) is 10.6 Å². The first-order valence-electron chi connectivity index (χ1n) is 5.64. The third kappa shape index (κ3) is 3.97. The highest BCUT2D eigenvalue weighted by atomic mass is 32.1. The van der Waals surface area contributed by atoms with Crippen LogP contribution < -0.4 is 5.32 Å². The number of methoxy groups -OCH3 is 1. The Bertz CT molecular complexity index is 467. The van der Waals surface area contributed by atoms with Crippen LogP contribution >= 0.6 is 11.5 Å². The van der Waals surface area contributed by atoms with E-state index in [2.05, 4.69) is 19.6 Å². The summed E-state index contributed by atoms with van der Waals surface area (Å²) in [6, 6.07) is 0. The van der Waals surface area contributed by atoms with Crippen LogP contribution in [-0.2, 0) is 14.9 Å². The average molecular weight is 287 g/mol. The van der Waals surface area contributed by atoms with E-state index in [1.54, 1.807) is 0 Å². The number of aliphatic hydroxyl groups is 1. The second-order valence-corrected chi connectivity index (χ2v) is 5.70. The van der Waals surface area contributed by atoms with Gasteiger partial charge in [-0.1, -0.05) is 25.3 Å². The van der Waals surface area contributed by atoms with E-state index in [9.17, 15) is 14.7 Å². The predicted octanol–water partition coefficient (Wildman–Crippen LogP) is 0.0993. The minimum absolute atomic E-state index is 0.215. The summed E-state index contributed by atoms with van der Waals surface area (Å²) >= 11 is 0.979. The van der Waals surface area contributed by atoms with Gasteiger partial charge in [0.2, 0.25) is 0 Å². The van der Waals surface area contributed by atoms with Gasteiger partial charge in [-0.2, -0.15) is 0 Å². The molecule has 2 N–H and O–H groups in total. The van der Waals surface area contributed by atoms with E-state index >= 15 is 0 Å². The van der Waals surface area contributed by atoms with E-state index < -0.39 is 18.0 Å². The van der Waals surface area contributed by atoms with Gasteiger partial charge in [-0.3, -0.25) is 4.79 Å². The number of aromatic nitrogens is 2. The zero-order chi connectivity index (χ0) is 14.6. The maximum Gasteiger partial charge on any atom is 0.336 e. The highest BCUT2D eigenvalue weighted by molar-refractivity contribution is 7.08. The molecule has 106 valence electrons. The highest BCUT2D eigenvalue weighted by Gasteiger charge is 2.27. The normalized spacial score (nSPS) is 12.9. The largest absolute Gasteiger partial charge is 0.467 e. The number of hydrogen-bond donors (Lipinski definition) is 2. The molecule has 0 aliphatic rings. The first-order valence-corrected chi connectivity index (χ1v) is 6.41. The van der Waals surface area contributed by atoms with Gasteiger partial charge in [0, 0.05) is 5.41 Å². The summed E-state index contributed by atoms with van der Waals surface area (Å²) in [6.07, 6.45) is -1.38. The van der Waals surface area contributed by atoms with Crippen LogP contribution in [0.3, 0.4) is 0 Å². The fourth-order valence-electron chi connectivity index (χ4n) is 1.32. The van der Waals surface area contributed by atoms with Crippen molar-refractivity contribution in [1.29, 1.82) is 0 Å². The van der Waals surface area contributed by atoms with Crippen LogP contribution in [0.1, 0.15) is 36.1 Å². The van der Waals surface area contributed by atoms with Crippen LogP contribution in [0.5, 0.6) is 0 Å². The van der Waals surface area contributed by atoms with Crippen molar-refractivity contribution in [2.45, 2.75) is 32.3 Å². The Kier molecular flexibility index (Phi) is 4.96. The number of hydrogen-bond acceptors (Lipinski definition) is 7. The number of nitrogens with zero attached hydrogens (tertiary/aromatic N) is 2. The zero-order valence-electron chi connectivity index (χ0n) is 11.3. The summed E-state index contributed by atoms with van der Waals surface area (Å²) in [5, 5.41) is 15.8. The van der Waals surface area contributed by atoms with Gasteiger partial charge in [0.15, 0.2) is 6.10 Å². The predicted molar refractivity (Wildman–Crippen MR) is 69.0 cm³/mol. The molecule has 1 rings (SSSR count). The lowest BCUT2D eigenvalue weighted by atomic mass is 9.91. The first-order chi connectivity index (χ1) is 8.77. The molecule has 0 saturated carbocycles. The zero-order valence-corrected chi connectivity index (χ0v) is 12.1. The van der Waals surface area contributed by atoms with E-state index in [4.69, 9.17) is 0 Å². The van der Waals surface area contributed by atoms with Crippen LogP contribution in [0.4, 0.5) is 0 Å². The minimum Gasteiger partial charge on any atom is -0.467 e. The Hall–Kier alpha value is -1.54. The van der Waals surface area contributed by atoms with Crippen molar-refractivity contribution in [2.75, 3.05) is 13.7 Å². The van der Waals surface area contributed by atoms with Gasteiger partial charge in [-0.05, 0) is 11.5 Å². The van der Waals surface area contributed by atoms with Crippen LogP contribution in [0.25, 0.3) is 0 Å². The summed E-state index contributed by atoms with van der Waals surface area (Å²) in [7, 11) is 1.16. The molecule has 0 aliphatic heterocycles. The fourth-order valence-corrected chi connectivity index (χ4v) is 2.11. The average Bonchev–Trinajstić information content (AvgIpc) is 2.83. The maximum absolute atomic E-state index is 11.9. The number of esters is 1. The van der Waals surface area contributed by atoms with Crippen LogP contribution in [0.15, 0.2) is 0 Å². The molecule has 0 aromatic carbocycles. The van der Waals surface area contributed by atoms with Gasteiger partial charge < -0.3 is 15.2 Å². The summed E-state index contributed by atoms with van der Waals surface area (Å²) < 4.78 is 8.12. The Morgan fingerprint density at radius 3 is 2.63 bits per heavy atom. The second-order valence-electron chi connectivity index (χ2n) is 4.95. The van der Waals surface area contributed by atoms with Gasteiger partial charge in [-0.15, -0.1) is 5.10 Å². The molecule has 0 fully saturated rings. The van der Waals surface area contributed by atoms with Crippen LogP contribution in [0, 0.1) is 0 Å². The number of amides is 1. The Morgan fingerprint density at radius 2 is 2.11 bits per heavy atom. The number of carbonyl (C=O) groups is 2. The van der Waals surface area contributed by atoms with Crippen molar-refractivity contribution >= 4 is 23.4 Å². The van der Waals surface area contributed by atoms with E-state index in [0.29, 0.717) is 10.6 Å². The standard InChI is InChI=1S/C11H17N3O4S/c1-11(2,3)8-7(19-14-13-8)9(16)12-5-6(15)10(17)18-4/h6,15H,5H2,1-4H3,(H,12,16). The van der Waals surface area contributed by atoms with Gasteiger partial charge in [-0.25, -0.2) is 4.79 Å². The van der Waals surface area contributed by atoms with Crippen molar-refractivity contribution in [3.8, 4) is 0 Å². The van der Waals surface area contributed by atoms with Gasteiger partial charge in [0.25, 0.3) is 5.91 Å². The lowest BCUT2D eigenvalue weighted by Crippen LogP contribution is -2.37. The molecule has 8 heteroatoms. The minimum atomic E-state index is -1.38. The van der Waals surface area contributed by atoms with Crippen molar-refractivity contribution < 1.29 is 19.4 Å². The summed E-state index contributed by atoms with van der Waals surface area (Å²) in [5.41, 5.74) is 0.281. The third-order valence-electron chi connectivity index (χ3n) is 2.33. The van der Waals surface area contributed by atoms with Crippen molar-refractivity contribution in [3.63, 3.8) is 0 Å². The summed E-state index contributed by atoms with van der Waals surface area (Å²) in [6.45, 7) is 5.55. The number of rotatable bonds is 4. The van der Waals surface area contributed by atoms with E-state index in [1.165, 1.54) is 0 Å². The lowest BCUT2D eigenvalue weighted by molar-refractivity contribution is -0.149. The third-order valence-corrected chi connectivity index (χ3v) is 3.06. The molecule has 1 aromatic heterocycles. The molecule has 0 saturated heterocycles. The molecular weight excluding hydrogens is 270 g/mol. The van der Waals surface area contributed by atoms with E-state index in [1.807, 2.05) is 20.8 Å². The number of carbonyl (C=O) groups excluding carboxylic acids is 2. The number of ether oxygens (including phenoxy) is 1. The molecule has 1 amide bonds. The van der Waals surface area contributed by atoms with E-state index in [-0.39, 0.29) is 12.0 Å². The fraction of sp³-hybridized carbons (Fsp3) is 0.636. The van der Waals surface area contributed by atoms with Gasteiger partial charge in [0.1, 0.15) is 4.88 Å². The molecule has 1 unspecified atom stereocenters. The Balaban J connectivity index is 2.70. The quantitative estimate of drug-likeness (QED) is 0.762. The van der Waals surface area contributed by atoms with Crippen molar-refractivity contribution in [2.24, 2.45) is 0 Å². The lowest BCUT2D eigenvalue weighted by Gasteiger charge is -2.16. The molecule has 1 heterocycles. The van der Waals surface area contributed by atoms with Crippen molar-refractivity contribution in [1.82, 2.24) is 14.9 Å². The molecule has 0 spiro atoms. The van der Waals surface area contributed by atoms with Crippen LogP contribution in [-0.4, -0.2) is 46.3 Å².